The van der Waals surface area contributed by atoms with Gasteiger partial charge in [0.25, 0.3) is 0 Å². The molecule has 0 saturated carbocycles. The van der Waals surface area contributed by atoms with Gasteiger partial charge in [-0.25, -0.2) is 5.41 Å². The molecular weight excluding hydrogens is 200 g/mol. The first-order valence-corrected chi connectivity index (χ1v) is 5.39. The standard InChI is InChI=1S/C13H18N2O/c1-5-16-12-7-6-10(13(2,3)4)8-11(12)15-9-14/h6-8,14H,5H2,1-4H3. The van der Waals surface area contributed by atoms with E-state index >= 15 is 0 Å². The van der Waals surface area contributed by atoms with Crippen molar-refractivity contribution < 1.29 is 4.74 Å². The van der Waals surface area contributed by atoms with Crippen LogP contribution in [0, 0.1) is 5.41 Å². The monoisotopic (exact) mass is 218 g/mol. The maximum atomic E-state index is 6.92. The summed E-state index contributed by atoms with van der Waals surface area (Å²) in [5.41, 5.74) is 1.91. The van der Waals surface area contributed by atoms with Crippen molar-refractivity contribution in [2.45, 2.75) is 33.1 Å². The maximum Gasteiger partial charge on any atom is 0.145 e. The number of benzene rings is 1. The Morgan fingerprint density at radius 1 is 1.38 bits per heavy atom. The summed E-state index contributed by atoms with van der Waals surface area (Å²) in [6.07, 6.45) is 0. The van der Waals surface area contributed by atoms with Gasteiger partial charge in [0.05, 0.1) is 12.6 Å². The van der Waals surface area contributed by atoms with Crippen LogP contribution in [-0.2, 0) is 5.41 Å². The van der Waals surface area contributed by atoms with Crippen LogP contribution >= 0.6 is 0 Å². The minimum Gasteiger partial charge on any atom is -0.492 e. The zero-order chi connectivity index (χ0) is 12.2. The molecule has 86 valence electrons. The zero-order valence-corrected chi connectivity index (χ0v) is 10.3. The molecule has 0 aliphatic rings. The smallest absolute Gasteiger partial charge is 0.145 e. The molecule has 0 aliphatic heterocycles. The Labute approximate surface area is 96.7 Å². The van der Waals surface area contributed by atoms with Crippen molar-refractivity contribution in [3.8, 4) is 5.75 Å². The molecule has 3 heteroatoms. The molecule has 0 aliphatic carbocycles. The average Bonchev–Trinajstić information content (AvgIpc) is 2.19. The van der Waals surface area contributed by atoms with Gasteiger partial charge in [-0.3, -0.25) is 0 Å². The van der Waals surface area contributed by atoms with Gasteiger partial charge in [-0.15, -0.1) is 0 Å². The van der Waals surface area contributed by atoms with Gasteiger partial charge in [-0.05, 0) is 30.0 Å². The molecule has 3 nitrogen and oxygen atoms in total. The molecule has 1 rings (SSSR count). The highest BCUT2D eigenvalue weighted by molar-refractivity contribution is 5.60. The van der Waals surface area contributed by atoms with Gasteiger partial charge in [0.1, 0.15) is 11.4 Å². The number of ether oxygens (including phenoxy) is 1. The maximum absolute atomic E-state index is 6.92. The molecule has 0 aromatic heterocycles. The lowest BCUT2D eigenvalue weighted by Gasteiger charge is -2.20. The van der Waals surface area contributed by atoms with E-state index in [4.69, 9.17) is 10.1 Å². The van der Waals surface area contributed by atoms with Crippen LogP contribution in [0.4, 0.5) is 5.69 Å². The van der Waals surface area contributed by atoms with Crippen LogP contribution in [0.15, 0.2) is 23.2 Å². The molecule has 0 heterocycles. The van der Waals surface area contributed by atoms with Gasteiger partial charge >= 0.3 is 0 Å². The van der Waals surface area contributed by atoms with E-state index in [1.165, 1.54) is 5.56 Å². The number of hydrogen-bond acceptors (Lipinski definition) is 3. The van der Waals surface area contributed by atoms with Crippen LogP contribution in [0.3, 0.4) is 0 Å². The molecule has 0 atom stereocenters. The lowest BCUT2D eigenvalue weighted by atomic mass is 9.87. The molecule has 0 unspecified atom stereocenters. The summed E-state index contributed by atoms with van der Waals surface area (Å²) < 4.78 is 5.44. The quantitative estimate of drug-likeness (QED) is 0.771. The lowest BCUT2D eigenvalue weighted by Crippen LogP contribution is -2.10. The summed E-state index contributed by atoms with van der Waals surface area (Å²) in [6.45, 7) is 8.94. The molecule has 0 amide bonds. The highest BCUT2D eigenvalue weighted by Crippen LogP contribution is 2.33. The Balaban J connectivity index is 3.22. The molecule has 0 fully saturated rings. The first-order chi connectivity index (χ1) is 7.49. The highest BCUT2D eigenvalue weighted by atomic mass is 16.5. The second kappa shape index (κ2) is 4.95. The van der Waals surface area contributed by atoms with E-state index in [1.54, 1.807) is 0 Å². The predicted octanol–water partition coefficient (Wildman–Crippen LogP) is 3.77. The summed E-state index contributed by atoms with van der Waals surface area (Å²) in [6, 6.07) is 7.95. The summed E-state index contributed by atoms with van der Waals surface area (Å²) in [7, 11) is 0. The minimum atomic E-state index is 0.0665. The molecule has 16 heavy (non-hydrogen) atoms. The number of aliphatic imine (C=N–C) groups is 1. The van der Waals surface area contributed by atoms with Crippen LogP contribution in [-0.4, -0.2) is 12.6 Å². The molecule has 1 aromatic rings. The molecule has 0 bridgehead atoms. The highest BCUT2D eigenvalue weighted by Gasteiger charge is 2.15. The van der Waals surface area contributed by atoms with Gasteiger partial charge in [0.15, 0.2) is 0 Å². The number of nitrogens with one attached hydrogen (secondary N) is 1. The van der Waals surface area contributed by atoms with Crippen molar-refractivity contribution in [1.82, 2.24) is 0 Å². The van der Waals surface area contributed by atoms with E-state index in [-0.39, 0.29) is 5.41 Å². The van der Waals surface area contributed by atoms with Gasteiger partial charge < -0.3 is 4.74 Å². The molecular formula is C13H18N2O. The van der Waals surface area contributed by atoms with Gasteiger partial charge in [-0.1, -0.05) is 26.8 Å². The zero-order valence-electron chi connectivity index (χ0n) is 10.3. The average molecular weight is 218 g/mol. The van der Waals surface area contributed by atoms with Crippen LogP contribution in [0.1, 0.15) is 33.3 Å². The Morgan fingerprint density at radius 2 is 2.06 bits per heavy atom. The van der Waals surface area contributed by atoms with Crippen molar-refractivity contribution in [3.63, 3.8) is 0 Å². The van der Waals surface area contributed by atoms with Crippen LogP contribution in [0.2, 0.25) is 0 Å². The third-order valence-corrected chi connectivity index (χ3v) is 2.30. The summed E-state index contributed by atoms with van der Waals surface area (Å²) in [5, 5.41) is 6.92. The van der Waals surface area contributed by atoms with Crippen LogP contribution in [0.5, 0.6) is 5.75 Å². The molecule has 0 spiro atoms. The van der Waals surface area contributed by atoms with Crippen molar-refractivity contribution in [2.75, 3.05) is 6.61 Å². The van der Waals surface area contributed by atoms with E-state index in [0.29, 0.717) is 18.0 Å². The SMILES string of the molecule is CCOc1ccc(C(C)(C)C)cc1N=C=N. The van der Waals surface area contributed by atoms with Crippen molar-refractivity contribution in [3.05, 3.63) is 23.8 Å². The predicted molar refractivity (Wildman–Crippen MR) is 66.1 cm³/mol. The lowest BCUT2D eigenvalue weighted by molar-refractivity contribution is 0.341. The number of rotatable bonds is 3. The minimum absolute atomic E-state index is 0.0665. The molecule has 1 N–H and O–H groups in total. The van der Waals surface area contributed by atoms with Crippen molar-refractivity contribution in [2.24, 2.45) is 4.99 Å². The summed E-state index contributed by atoms with van der Waals surface area (Å²) in [4.78, 5) is 3.89. The molecule has 0 saturated heterocycles. The summed E-state index contributed by atoms with van der Waals surface area (Å²) >= 11 is 0. The van der Waals surface area contributed by atoms with Crippen molar-refractivity contribution >= 4 is 11.7 Å². The topological polar surface area (TPSA) is 45.4 Å². The normalized spacial score (nSPS) is 10.8. The molecule has 1 aromatic carbocycles. The largest absolute Gasteiger partial charge is 0.492 e. The fourth-order valence-electron chi connectivity index (χ4n) is 1.41. The van der Waals surface area contributed by atoms with E-state index in [1.807, 2.05) is 25.1 Å². The summed E-state index contributed by atoms with van der Waals surface area (Å²) in [5.74, 6) is 0.704. The second-order valence-electron chi connectivity index (χ2n) is 4.59. The van der Waals surface area contributed by atoms with Crippen molar-refractivity contribution in [1.29, 1.82) is 5.41 Å². The Bertz CT molecular complexity index is 412. The van der Waals surface area contributed by atoms with Crippen LogP contribution in [0.25, 0.3) is 0 Å². The third-order valence-electron chi connectivity index (χ3n) is 2.30. The first-order valence-electron chi connectivity index (χ1n) is 5.39. The van der Waals surface area contributed by atoms with E-state index < -0.39 is 0 Å². The Morgan fingerprint density at radius 3 is 2.56 bits per heavy atom. The third kappa shape index (κ3) is 2.94. The van der Waals surface area contributed by atoms with Gasteiger partial charge in [0, 0.05) is 0 Å². The van der Waals surface area contributed by atoms with Crippen LogP contribution < -0.4 is 4.74 Å². The van der Waals surface area contributed by atoms with Gasteiger partial charge in [-0.2, -0.15) is 4.99 Å². The van der Waals surface area contributed by atoms with Gasteiger partial charge in [0.2, 0.25) is 0 Å². The fraction of sp³-hybridized carbons (Fsp3) is 0.462. The van der Waals surface area contributed by atoms with E-state index in [2.05, 4.69) is 31.8 Å². The fourth-order valence-corrected chi connectivity index (χ4v) is 1.41. The molecule has 0 radical (unpaired) electrons. The Hall–Kier alpha value is -1.60. The Kier molecular flexibility index (Phi) is 3.86. The van der Waals surface area contributed by atoms with E-state index in [0.717, 1.165) is 0 Å². The van der Waals surface area contributed by atoms with E-state index in [9.17, 15) is 0 Å². The number of nitrogens with zero attached hydrogens (tertiary/aromatic N) is 1. The first kappa shape index (κ1) is 12.5. The number of hydrogen-bond donors (Lipinski definition) is 1. The second-order valence-corrected chi connectivity index (χ2v) is 4.59.